The molecule has 256 valence electrons. The predicted molar refractivity (Wildman–Crippen MR) is 222 cm³/mol. The third-order valence-electron chi connectivity index (χ3n) is 10.7. The number of para-hydroxylation sites is 3. The number of aromatic nitrogens is 4. The molecule has 6 heteroatoms. The first-order valence-electron chi connectivity index (χ1n) is 18.4. The maximum atomic E-state index is 6.84. The van der Waals surface area contributed by atoms with Gasteiger partial charge in [-0.2, -0.15) is 0 Å². The van der Waals surface area contributed by atoms with Crippen molar-refractivity contribution in [2.75, 3.05) is 6.54 Å². The number of benzene rings is 5. The second-order valence-corrected chi connectivity index (χ2v) is 13.9. The van der Waals surface area contributed by atoms with Crippen LogP contribution in [0.3, 0.4) is 0 Å². The van der Waals surface area contributed by atoms with Crippen molar-refractivity contribution in [2.45, 2.75) is 12.8 Å². The Morgan fingerprint density at radius 3 is 2.13 bits per heavy atom. The average molecular weight is 696 g/mol. The summed E-state index contributed by atoms with van der Waals surface area (Å²) in [5.74, 6) is 0.560. The molecule has 0 saturated carbocycles. The minimum atomic E-state index is 0.560. The fourth-order valence-electron chi connectivity index (χ4n) is 8.35. The lowest BCUT2D eigenvalue weighted by Gasteiger charge is -2.16. The van der Waals surface area contributed by atoms with Crippen LogP contribution in [0.1, 0.15) is 23.2 Å². The molecule has 5 aromatic carbocycles. The van der Waals surface area contributed by atoms with Crippen LogP contribution < -0.4 is 0 Å². The first-order valence-corrected chi connectivity index (χ1v) is 18.4. The highest BCUT2D eigenvalue weighted by atomic mass is 16.3. The maximum absolute atomic E-state index is 6.84. The highest BCUT2D eigenvalue weighted by Gasteiger charge is 2.22. The molecule has 1 aliphatic heterocycles. The quantitative estimate of drug-likeness (QED) is 0.180. The number of pyridine rings is 1. The minimum Gasteiger partial charge on any atom is -0.436 e. The predicted octanol–water partition coefficient (Wildman–Crippen LogP) is 11.6. The van der Waals surface area contributed by atoms with Crippen molar-refractivity contribution in [3.8, 4) is 34.0 Å². The van der Waals surface area contributed by atoms with Gasteiger partial charge in [0.2, 0.25) is 5.89 Å². The van der Waals surface area contributed by atoms with Crippen molar-refractivity contribution < 1.29 is 4.42 Å². The number of oxazole rings is 1. The molecular formula is C48H33N5O. The molecule has 9 aromatic rings. The van der Waals surface area contributed by atoms with Gasteiger partial charge in [-0.25, -0.2) is 4.98 Å². The molecule has 0 amide bonds. The Labute approximate surface area is 311 Å². The zero-order valence-corrected chi connectivity index (χ0v) is 29.4. The Balaban J connectivity index is 1.21. The zero-order valence-electron chi connectivity index (χ0n) is 29.4. The second-order valence-electron chi connectivity index (χ2n) is 13.9. The Kier molecular flexibility index (Phi) is 6.95. The smallest absolute Gasteiger partial charge is 0.227 e. The van der Waals surface area contributed by atoms with Gasteiger partial charge in [-0.1, -0.05) is 91.0 Å². The summed E-state index contributed by atoms with van der Waals surface area (Å²) in [4.78, 5) is 14.3. The van der Waals surface area contributed by atoms with Crippen LogP contribution in [-0.4, -0.2) is 31.9 Å². The molecule has 4 aromatic heterocycles. The Bertz CT molecular complexity index is 3020. The van der Waals surface area contributed by atoms with E-state index >= 15 is 0 Å². The largest absolute Gasteiger partial charge is 0.436 e. The number of fused-ring (bicyclic) bond motifs is 7. The maximum Gasteiger partial charge on any atom is 0.227 e. The van der Waals surface area contributed by atoms with E-state index in [0.717, 1.165) is 86.2 Å². The van der Waals surface area contributed by atoms with Gasteiger partial charge >= 0.3 is 0 Å². The minimum absolute atomic E-state index is 0.560. The van der Waals surface area contributed by atoms with Crippen LogP contribution >= 0.6 is 0 Å². The summed E-state index contributed by atoms with van der Waals surface area (Å²) in [6.07, 6.45) is 18.4. The van der Waals surface area contributed by atoms with E-state index in [-0.39, 0.29) is 0 Å². The van der Waals surface area contributed by atoms with E-state index in [4.69, 9.17) is 9.40 Å². The summed E-state index contributed by atoms with van der Waals surface area (Å²) in [5.41, 5.74) is 14.5. The van der Waals surface area contributed by atoms with E-state index in [1.807, 2.05) is 18.5 Å². The van der Waals surface area contributed by atoms with Gasteiger partial charge in [0.15, 0.2) is 5.58 Å². The van der Waals surface area contributed by atoms with Crippen LogP contribution in [-0.2, 0) is 6.42 Å². The first kappa shape index (κ1) is 30.6. The molecule has 0 saturated heterocycles. The van der Waals surface area contributed by atoms with E-state index in [1.165, 1.54) is 27.4 Å². The fraction of sp³-hybridized carbons (Fsp3) is 0.0625. The van der Waals surface area contributed by atoms with Crippen molar-refractivity contribution in [1.29, 1.82) is 0 Å². The molecule has 0 fully saturated rings. The van der Waals surface area contributed by atoms with Gasteiger partial charge in [0.25, 0.3) is 0 Å². The molecule has 11 rings (SSSR count). The van der Waals surface area contributed by atoms with Gasteiger partial charge in [0.05, 0.1) is 16.6 Å². The summed E-state index contributed by atoms with van der Waals surface area (Å²) in [6.45, 7) is 0.810. The van der Waals surface area contributed by atoms with Crippen LogP contribution in [0.4, 0.5) is 0 Å². The number of hydrogen-bond acceptors (Lipinski definition) is 4. The van der Waals surface area contributed by atoms with Crippen molar-refractivity contribution in [3.05, 3.63) is 169 Å². The molecular weight excluding hydrogens is 663 g/mol. The molecule has 0 atom stereocenters. The van der Waals surface area contributed by atoms with Gasteiger partial charge in [-0.15, -0.1) is 0 Å². The molecule has 0 bridgehead atoms. The van der Waals surface area contributed by atoms with Gasteiger partial charge in [0.1, 0.15) is 5.52 Å². The lowest BCUT2D eigenvalue weighted by Crippen LogP contribution is -2.03. The summed E-state index contributed by atoms with van der Waals surface area (Å²) < 4.78 is 11.6. The zero-order chi connectivity index (χ0) is 35.6. The summed E-state index contributed by atoms with van der Waals surface area (Å²) >= 11 is 0. The van der Waals surface area contributed by atoms with Crippen LogP contribution in [0.2, 0.25) is 0 Å². The summed E-state index contributed by atoms with van der Waals surface area (Å²) in [5, 5.41) is 3.66. The van der Waals surface area contributed by atoms with Gasteiger partial charge in [0, 0.05) is 87.1 Å². The Morgan fingerprint density at radius 1 is 0.648 bits per heavy atom. The normalized spacial score (nSPS) is 14.0. The molecule has 0 spiro atoms. The van der Waals surface area contributed by atoms with Gasteiger partial charge < -0.3 is 13.6 Å². The average Bonchev–Trinajstić information content (AvgIpc) is 3.85. The summed E-state index contributed by atoms with van der Waals surface area (Å²) in [7, 11) is 0. The Hall–Kier alpha value is -7.05. The van der Waals surface area contributed by atoms with Crippen molar-refractivity contribution >= 4 is 61.7 Å². The lowest BCUT2D eigenvalue weighted by atomic mass is 9.97. The van der Waals surface area contributed by atoms with Crippen LogP contribution in [0, 0.1) is 0 Å². The summed E-state index contributed by atoms with van der Waals surface area (Å²) in [6, 6.07) is 41.1. The fourth-order valence-corrected chi connectivity index (χ4v) is 8.35. The Morgan fingerprint density at radius 2 is 1.39 bits per heavy atom. The van der Waals surface area contributed by atoms with E-state index in [0.29, 0.717) is 5.89 Å². The number of allylic oxidation sites excluding steroid dienone is 4. The van der Waals surface area contributed by atoms with E-state index in [9.17, 15) is 0 Å². The van der Waals surface area contributed by atoms with Crippen molar-refractivity contribution in [2.24, 2.45) is 4.99 Å². The van der Waals surface area contributed by atoms with E-state index in [1.54, 1.807) is 6.20 Å². The molecule has 1 aliphatic carbocycles. The molecule has 6 nitrogen and oxygen atoms in total. The molecule has 2 aliphatic rings. The van der Waals surface area contributed by atoms with Crippen LogP contribution in [0.15, 0.2) is 161 Å². The molecule has 0 radical (unpaired) electrons. The number of aliphatic imine (C=N–C) groups is 1. The van der Waals surface area contributed by atoms with Crippen molar-refractivity contribution in [1.82, 2.24) is 19.1 Å². The SMILES string of the molecule is C1=CCc2c(c3ccccc3n2-c2cc(-c3nc4c(-c5cccnc5)cc(C5=CCCN=C5)cc4o3)cc(-n3c4ccccc4c4ccccc43)c2)C=C1. The number of nitrogens with zero attached hydrogens (tertiary/aromatic N) is 5. The van der Waals surface area contributed by atoms with Gasteiger partial charge in [-0.3, -0.25) is 9.98 Å². The lowest BCUT2D eigenvalue weighted by molar-refractivity contribution is 0.619. The van der Waals surface area contributed by atoms with E-state index in [2.05, 4.69) is 159 Å². The topological polar surface area (TPSA) is 61.1 Å². The molecule has 0 unspecified atom stereocenters. The molecule has 0 N–H and O–H groups in total. The highest BCUT2D eigenvalue weighted by molar-refractivity contribution is 6.12. The third kappa shape index (κ3) is 4.84. The third-order valence-corrected chi connectivity index (χ3v) is 10.7. The van der Waals surface area contributed by atoms with Crippen LogP contribution in [0.25, 0.3) is 89.4 Å². The van der Waals surface area contributed by atoms with Crippen LogP contribution in [0.5, 0.6) is 0 Å². The number of rotatable bonds is 5. The molecule has 5 heterocycles. The number of hydrogen-bond donors (Lipinski definition) is 0. The monoisotopic (exact) mass is 695 g/mol. The molecule has 54 heavy (non-hydrogen) atoms. The van der Waals surface area contributed by atoms with E-state index < -0.39 is 0 Å². The standard InChI is InChI=1S/C48H33N5O/c1-2-14-37-38-15-4-7-19-43(38)52(42(37)18-3-1)35-24-34(25-36(28-35)53-44-20-8-5-16-39(44)40-17-6-9-21-45(40)53)48-51-47-41(32-13-11-23-50-30-32)26-33(27-46(47)54-48)31-12-10-22-49-29-31/h1-9,11-17,19-21,23-30H,10,18,22H2. The highest BCUT2D eigenvalue weighted by Crippen LogP contribution is 2.40. The van der Waals surface area contributed by atoms with Gasteiger partial charge in [-0.05, 0) is 72.2 Å². The number of dihydropyridines is 1. The van der Waals surface area contributed by atoms with Crippen molar-refractivity contribution in [3.63, 3.8) is 0 Å². The first-order chi connectivity index (χ1) is 26.8. The second kappa shape index (κ2) is 12.3.